The minimum Gasteiger partial charge on any atom is -0.453 e. The molecule has 3 aromatic rings. The molecular formula is C30H35N3O3. The molecule has 0 spiro atoms. The Morgan fingerprint density at radius 3 is 2.39 bits per heavy atom. The average molecular weight is 486 g/mol. The standard InChI is InChI=1S/C30H35N3O3/c1-36-30(35)33-27-13-6-5-12-26(27)24-10-7-11-25(19-24)28(18-21-8-3-2-4-9-21)32-29(34)23-16-14-22(20-31)15-17-23/h2-13,19,22-23,28H,14-18,20,31H2,1H3,(H,32,34)(H,33,35). The molecule has 1 aliphatic carbocycles. The van der Waals surface area contributed by atoms with Crippen LogP contribution in [0.25, 0.3) is 11.1 Å². The molecule has 4 N–H and O–H groups in total. The summed E-state index contributed by atoms with van der Waals surface area (Å²) in [5.74, 6) is 0.674. The Morgan fingerprint density at radius 1 is 0.944 bits per heavy atom. The lowest BCUT2D eigenvalue weighted by Crippen LogP contribution is -2.37. The van der Waals surface area contributed by atoms with Crippen LogP contribution in [0.4, 0.5) is 10.5 Å². The lowest BCUT2D eigenvalue weighted by Gasteiger charge is -2.29. The smallest absolute Gasteiger partial charge is 0.411 e. The van der Waals surface area contributed by atoms with Crippen molar-refractivity contribution in [3.63, 3.8) is 0 Å². The zero-order valence-corrected chi connectivity index (χ0v) is 20.8. The molecule has 36 heavy (non-hydrogen) atoms. The van der Waals surface area contributed by atoms with Crippen molar-refractivity contribution in [1.82, 2.24) is 5.32 Å². The summed E-state index contributed by atoms with van der Waals surface area (Å²) < 4.78 is 4.78. The number of benzene rings is 3. The van der Waals surface area contributed by atoms with Crippen LogP contribution >= 0.6 is 0 Å². The quantitative estimate of drug-likeness (QED) is 0.382. The highest BCUT2D eigenvalue weighted by atomic mass is 16.5. The number of hydrogen-bond donors (Lipinski definition) is 3. The highest BCUT2D eigenvalue weighted by molar-refractivity contribution is 5.91. The van der Waals surface area contributed by atoms with Crippen LogP contribution in [0.15, 0.2) is 78.9 Å². The van der Waals surface area contributed by atoms with Crippen LogP contribution in [0, 0.1) is 11.8 Å². The maximum Gasteiger partial charge on any atom is 0.411 e. The Balaban J connectivity index is 1.60. The van der Waals surface area contributed by atoms with Crippen LogP contribution in [0.3, 0.4) is 0 Å². The largest absolute Gasteiger partial charge is 0.453 e. The summed E-state index contributed by atoms with van der Waals surface area (Å²) in [4.78, 5) is 25.2. The number of amides is 2. The van der Waals surface area contributed by atoms with Crippen LogP contribution in [-0.4, -0.2) is 25.7 Å². The molecule has 6 heteroatoms. The van der Waals surface area contributed by atoms with Gasteiger partial charge in [-0.15, -0.1) is 0 Å². The summed E-state index contributed by atoms with van der Waals surface area (Å²) in [7, 11) is 1.35. The van der Waals surface area contributed by atoms with Crippen molar-refractivity contribution in [2.75, 3.05) is 19.0 Å². The lowest BCUT2D eigenvalue weighted by molar-refractivity contribution is -0.127. The topological polar surface area (TPSA) is 93.5 Å². The molecule has 0 aliphatic heterocycles. The van der Waals surface area contributed by atoms with E-state index in [1.807, 2.05) is 54.6 Å². The predicted molar refractivity (Wildman–Crippen MR) is 143 cm³/mol. The van der Waals surface area contributed by atoms with E-state index >= 15 is 0 Å². The highest BCUT2D eigenvalue weighted by Gasteiger charge is 2.27. The molecule has 0 aromatic heterocycles. The third-order valence-electron chi connectivity index (χ3n) is 7.10. The molecule has 6 nitrogen and oxygen atoms in total. The van der Waals surface area contributed by atoms with Crippen molar-refractivity contribution < 1.29 is 14.3 Å². The number of carbonyl (C=O) groups is 2. The zero-order valence-electron chi connectivity index (χ0n) is 20.8. The molecule has 188 valence electrons. The highest BCUT2D eigenvalue weighted by Crippen LogP contribution is 2.32. The molecule has 1 fully saturated rings. The summed E-state index contributed by atoms with van der Waals surface area (Å²) in [5.41, 5.74) is 10.5. The SMILES string of the molecule is COC(=O)Nc1ccccc1-c1cccc(C(Cc2ccccc2)NC(=O)C2CCC(CN)CC2)c1. The Hall–Kier alpha value is -3.64. The fourth-order valence-corrected chi connectivity index (χ4v) is 4.98. The van der Waals surface area contributed by atoms with Gasteiger partial charge in [-0.3, -0.25) is 10.1 Å². The predicted octanol–water partition coefficient (Wildman–Crippen LogP) is 5.70. The minimum absolute atomic E-state index is 0.0271. The van der Waals surface area contributed by atoms with E-state index < -0.39 is 6.09 Å². The van der Waals surface area contributed by atoms with E-state index in [-0.39, 0.29) is 17.9 Å². The first-order valence-electron chi connectivity index (χ1n) is 12.7. The number of para-hydroxylation sites is 1. The van der Waals surface area contributed by atoms with Crippen LogP contribution in [0.5, 0.6) is 0 Å². The first-order chi connectivity index (χ1) is 17.6. The lowest BCUT2D eigenvalue weighted by atomic mass is 9.81. The van der Waals surface area contributed by atoms with Crippen LogP contribution < -0.4 is 16.4 Å². The molecular weight excluding hydrogens is 450 g/mol. The van der Waals surface area contributed by atoms with Crippen molar-refractivity contribution >= 4 is 17.7 Å². The Morgan fingerprint density at radius 2 is 1.67 bits per heavy atom. The number of rotatable bonds is 8. The maximum atomic E-state index is 13.3. The zero-order chi connectivity index (χ0) is 25.3. The van der Waals surface area contributed by atoms with Crippen LogP contribution in [0.2, 0.25) is 0 Å². The van der Waals surface area contributed by atoms with Crippen molar-refractivity contribution in [3.05, 3.63) is 90.0 Å². The van der Waals surface area contributed by atoms with Gasteiger partial charge in [-0.2, -0.15) is 0 Å². The monoisotopic (exact) mass is 485 g/mol. The molecule has 3 aromatic carbocycles. The van der Waals surface area contributed by atoms with Gasteiger partial charge >= 0.3 is 6.09 Å². The van der Waals surface area contributed by atoms with Crippen LogP contribution in [0.1, 0.15) is 42.9 Å². The Labute approximate surface area is 213 Å². The third kappa shape index (κ3) is 6.52. The Bertz CT molecular complexity index is 1160. The summed E-state index contributed by atoms with van der Waals surface area (Å²) in [6, 6.07) is 25.8. The first kappa shape index (κ1) is 25.5. The third-order valence-corrected chi connectivity index (χ3v) is 7.10. The van der Waals surface area contributed by atoms with Crippen molar-refractivity contribution in [2.24, 2.45) is 17.6 Å². The number of hydrogen-bond acceptors (Lipinski definition) is 4. The van der Waals surface area contributed by atoms with Gasteiger partial charge in [-0.25, -0.2) is 4.79 Å². The molecule has 0 heterocycles. The summed E-state index contributed by atoms with van der Waals surface area (Å²) in [5, 5.41) is 6.15. The fraction of sp³-hybridized carbons (Fsp3) is 0.333. The molecule has 1 atom stereocenters. The molecule has 2 amide bonds. The molecule has 0 bridgehead atoms. The fourth-order valence-electron chi connectivity index (χ4n) is 4.98. The molecule has 1 saturated carbocycles. The van der Waals surface area contributed by atoms with E-state index in [2.05, 4.69) is 34.9 Å². The van der Waals surface area contributed by atoms with E-state index in [4.69, 9.17) is 10.5 Å². The van der Waals surface area contributed by atoms with Gasteiger partial charge in [-0.05, 0) is 73.4 Å². The van der Waals surface area contributed by atoms with E-state index in [1.54, 1.807) is 0 Å². The van der Waals surface area contributed by atoms with Gasteiger partial charge in [-0.1, -0.05) is 66.7 Å². The van der Waals surface area contributed by atoms with Crippen molar-refractivity contribution in [1.29, 1.82) is 0 Å². The minimum atomic E-state index is -0.517. The second-order valence-corrected chi connectivity index (χ2v) is 9.49. The van der Waals surface area contributed by atoms with Crippen LogP contribution in [-0.2, 0) is 16.0 Å². The van der Waals surface area contributed by atoms with E-state index in [0.717, 1.165) is 47.9 Å². The van der Waals surface area contributed by atoms with Gasteiger partial charge in [0.1, 0.15) is 0 Å². The number of methoxy groups -OCH3 is 1. The normalized spacial score (nSPS) is 18.2. The van der Waals surface area contributed by atoms with Gasteiger partial charge in [0.25, 0.3) is 0 Å². The average Bonchev–Trinajstić information content (AvgIpc) is 2.93. The second kappa shape index (κ2) is 12.4. The summed E-state index contributed by atoms with van der Waals surface area (Å²) in [6.45, 7) is 0.698. The molecule has 1 aliphatic rings. The number of nitrogens with two attached hydrogens (primary N) is 1. The van der Waals surface area contributed by atoms with Gasteiger partial charge in [0.2, 0.25) is 5.91 Å². The molecule has 4 rings (SSSR count). The number of anilines is 1. The summed E-state index contributed by atoms with van der Waals surface area (Å²) >= 11 is 0. The van der Waals surface area contributed by atoms with Crippen molar-refractivity contribution in [3.8, 4) is 11.1 Å². The molecule has 1 unspecified atom stereocenters. The molecule has 0 saturated heterocycles. The molecule has 0 radical (unpaired) electrons. The van der Waals surface area contributed by atoms with E-state index in [1.165, 1.54) is 7.11 Å². The summed E-state index contributed by atoms with van der Waals surface area (Å²) in [6.07, 6.45) is 3.97. The van der Waals surface area contributed by atoms with Gasteiger partial charge in [0, 0.05) is 11.5 Å². The Kier molecular flexibility index (Phi) is 8.74. The number of nitrogens with one attached hydrogen (secondary N) is 2. The second-order valence-electron chi connectivity index (χ2n) is 9.49. The first-order valence-corrected chi connectivity index (χ1v) is 12.7. The van der Waals surface area contributed by atoms with Crippen molar-refractivity contribution in [2.45, 2.75) is 38.1 Å². The van der Waals surface area contributed by atoms with E-state index in [0.29, 0.717) is 24.6 Å². The van der Waals surface area contributed by atoms with Gasteiger partial charge in [0.05, 0.1) is 18.8 Å². The van der Waals surface area contributed by atoms with Gasteiger partial charge in [0.15, 0.2) is 0 Å². The van der Waals surface area contributed by atoms with Gasteiger partial charge < -0.3 is 15.8 Å². The van der Waals surface area contributed by atoms with E-state index in [9.17, 15) is 9.59 Å². The number of carbonyl (C=O) groups excluding carboxylic acids is 2. The maximum absolute atomic E-state index is 13.3. The number of ether oxygens (including phenoxy) is 1.